The van der Waals surface area contributed by atoms with Gasteiger partial charge in [-0.2, -0.15) is 5.10 Å². The monoisotopic (exact) mass is 592 g/mol. The number of fused-ring (bicyclic) bond motifs is 4. The van der Waals surface area contributed by atoms with E-state index in [1.807, 2.05) is 28.9 Å². The maximum Gasteiger partial charge on any atom is 0.179 e. The van der Waals surface area contributed by atoms with Gasteiger partial charge < -0.3 is 10.2 Å². The van der Waals surface area contributed by atoms with E-state index in [0.717, 1.165) is 57.9 Å². The fourth-order valence-corrected chi connectivity index (χ4v) is 6.30. The van der Waals surface area contributed by atoms with Crippen LogP contribution in [0.2, 0.25) is 0 Å². The second kappa shape index (κ2) is 11.5. The lowest BCUT2D eigenvalue weighted by molar-refractivity contribution is 0.589. The molecule has 0 bridgehead atoms. The molecule has 1 aromatic heterocycles. The van der Waals surface area contributed by atoms with Crippen molar-refractivity contribution in [3.05, 3.63) is 131 Å². The number of aliphatic imine (C=N–C) groups is 2. The molecule has 2 aliphatic rings. The largest absolute Gasteiger partial charge is 0.337 e. The Morgan fingerprint density at radius 1 is 0.800 bits per heavy atom. The van der Waals surface area contributed by atoms with Crippen molar-refractivity contribution >= 4 is 34.6 Å². The fraction of sp³-hybridized carbons (Fsp3) is 0.256. The maximum atomic E-state index is 5.38. The average Bonchev–Trinajstić information content (AvgIpc) is 3.39. The van der Waals surface area contributed by atoms with Crippen molar-refractivity contribution < 1.29 is 0 Å². The SMILES string of the molecule is CCCCc1ccc(NC2=Nc3ccccc3N3C2=Nc2c(c(C)nn2-c2ccccc2)[C@H]3c2ccc(C(C)(C)C)cc2)cc1. The third kappa shape index (κ3) is 5.35. The van der Waals surface area contributed by atoms with Gasteiger partial charge in [0.1, 0.15) is 0 Å². The normalized spacial score (nSPS) is 15.5. The molecule has 226 valence electrons. The van der Waals surface area contributed by atoms with Crippen LogP contribution in [0.15, 0.2) is 113 Å². The number of aromatic nitrogens is 2. The van der Waals surface area contributed by atoms with Gasteiger partial charge in [0.05, 0.1) is 28.8 Å². The van der Waals surface area contributed by atoms with E-state index in [1.54, 1.807) is 0 Å². The Bertz CT molecular complexity index is 1890. The van der Waals surface area contributed by atoms with Gasteiger partial charge >= 0.3 is 0 Å². The van der Waals surface area contributed by atoms with Crippen LogP contribution in [0.25, 0.3) is 5.69 Å². The van der Waals surface area contributed by atoms with Crippen molar-refractivity contribution in [1.29, 1.82) is 0 Å². The first kappa shape index (κ1) is 28.8. The van der Waals surface area contributed by atoms with Crippen molar-refractivity contribution in [1.82, 2.24) is 9.78 Å². The zero-order valence-electron chi connectivity index (χ0n) is 26.7. The Hall–Kier alpha value is -4.97. The van der Waals surface area contributed by atoms with E-state index < -0.39 is 0 Å². The van der Waals surface area contributed by atoms with Crippen LogP contribution in [0.4, 0.5) is 22.9 Å². The van der Waals surface area contributed by atoms with E-state index in [-0.39, 0.29) is 11.5 Å². The molecule has 0 amide bonds. The molecule has 0 saturated carbocycles. The molecule has 0 fully saturated rings. The summed E-state index contributed by atoms with van der Waals surface area (Å²) >= 11 is 0. The van der Waals surface area contributed by atoms with E-state index >= 15 is 0 Å². The molecule has 0 saturated heterocycles. The van der Waals surface area contributed by atoms with Gasteiger partial charge in [-0.15, -0.1) is 0 Å². The summed E-state index contributed by atoms with van der Waals surface area (Å²) in [5.74, 6) is 2.33. The van der Waals surface area contributed by atoms with Crippen LogP contribution in [-0.2, 0) is 11.8 Å². The van der Waals surface area contributed by atoms with Crippen LogP contribution in [0.1, 0.15) is 74.5 Å². The lowest BCUT2D eigenvalue weighted by atomic mass is 9.85. The summed E-state index contributed by atoms with van der Waals surface area (Å²) in [6, 6.07) is 36.3. The smallest absolute Gasteiger partial charge is 0.179 e. The number of benzene rings is 4. The summed E-state index contributed by atoms with van der Waals surface area (Å²) < 4.78 is 1.98. The second-order valence-electron chi connectivity index (χ2n) is 13.0. The number of aryl methyl sites for hydroxylation is 2. The number of hydrogen-bond donors (Lipinski definition) is 1. The lowest BCUT2D eigenvalue weighted by Crippen LogP contribution is -2.46. The third-order valence-corrected chi connectivity index (χ3v) is 8.77. The highest BCUT2D eigenvalue weighted by Crippen LogP contribution is 2.48. The molecule has 5 aromatic rings. The minimum Gasteiger partial charge on any atom is -0.337 e. The quantitative estimate of drug-likeness (QED) is 0.214. The van der Waals surface area contributed by atoms with E-state index in [1.165, 1.54) is 29.5 Å². The van der Waals surface area contributed by atoms with Gasteiger partial charge in [0.25, 0.3) is 0 Å². The number of rotatable bonds is 6. The fourth-order valence-electron chi connectivity index (χ4n) is 6.30. The predicted molar refractivity (Wildman–Crippen MR) is 187 cm³/mol. The Morgan fingerprint density at radius 2 is 1.51 bits per heavy atom. The predicted octanol–water partition coefficient (Wildman–Crippen LogP) is 9.62. The molecule has 0 spiro atoms. The number of nitrogens with one attached hydrogen (secondary N) is 1. The van der Waals surface area contributed by atoms with Gasteiger partial charge in [0.15, 0.2) is 17.5 Å². The Labute approximate surface area is 266 Å². The van der Waals surface area contributed by atoms with Gasteiger partial charge in [0.2, 0.25) is 0 Å². The van der Waals surface area contributed by atoms with Crippen LogP contribution < -0.4 is 10.2 Å². The molecule has 6 nitrogen and oxygen atoms in total. The van der Waals surface area contributed by atoms with Crippen LogP contribution in [0.5, 0.6) is 0 Å². The summed E-state index contributed by atoms with van der Waals surface area (Å²) in [6.07, 6.45) is 3.47. The molecule has 7 rings (SSSR count). The summed E-state index contributed by atoms with van der Waals surface area (Å²) in [6.45, 7) is 11.1. The minimum absolute atomic E-state index is 0.0601. The van der Waals surface area contributed by atoms with Crippen LogP contribution in [0, 0.1) is 6.92 Å². The van der Waals surface area contributed by atoms with Gasteiger partial charge in [-0.1, -0.05) is 101 Å². The van der Waals surface area contributed by atoms with Crippen molar-refractivity contribution in [2.24, 2.45) is 9.98 Å². The molecule has 0 unspecified atom stereocenters. The standard InChI is InChI=1S/C39H40N6/c1-6-7-13-27-18-24-30(25-19-27)40-36-38-42-37-34(26(2)43-45(37)31-14-9-8-10-15-31)35(28-20-22-29(23-21-28)39(3,4)5)44(38)33-17-12-11-16-32(33)41-36/h8-12,14-25,35H,6-7,13H2,1-5H3,(H,40,41)/t35-/m1/s1. The molecule has 1 N–H and O–H groups in total. The number of nitrogens with zero attached hydrogens (tertiary/aromatic N) is 5. The first-order chi connectivity index (χ1) is 21.8. The molecule has 1 atom stereocenters. The highest BCUT2D eigenvalue weighted by atomic mass is 15.4. The van der Waals surface area contributed by atoms with Crippen molar-refractivity contribution in [2.75, 3.05) is 10.2 Å². The van der Waals surface area contributed by atoms with Crippen molar-refractivity contribution in [3.8, 4) is 5.69 Å². The van der Waals surface area contributed by atoms with Gasteiger partial charge in [-0.05, 0) is 78.3 Å². The van der Waals surface area contributed by atoms with E-state index in [4.69, 9.17) is 15.1 Å². The lowest BCUT2D eigenvalue weighted by Gasteiger charge is -2.40. The maximum absolute atomic E-state index is 5.38. The number of unbranched alkanes of at least 4 members (excludes halogenated alkanes) is 1. The van der Waals surface area contributed by atoms with Gasteiger partial charge in [0, 0.05) is 11.3 Å². The zero-order chi connectivity index (χ0) is 31.1. The summed E-state index contributed by atoms with van der Waals surface area (Å²) in [4.78, 5) is 12.9. The summed E-state index contributed by atoms with van der Waals surface area (Å²) in [7, 11) is 0. The molecule has 4 aromatic carbocycles. The van der Waals surface area contributed by atoms with Crippen LogP contribution in [-0.4, -0.2) is 21.5 Å². The molecular weight excluding hydrogens is 552 g/mol. The summed E-state index contributed by atoms with van der Waals surface area (Å²) in [5.41, 5.74) is 9.85. The van der Waals surface area contributed by atoms with E-state index in [2.05, 4.69) is 124 Å². The van der Waals surface area contributed by atoms with Crippen LogP contribution >= 0.6 is 0 Å². The first-order valence-corrected chi connectivity index (χ1v) is 16.0. The van der Waals surface area contributed by atoms with E-state index in [9.17, 15) is 0 Å². The molecule has 0 radical (unpaired) electrons. The number of amidine groups is 2. The summed E-state index contributed by atoms with van der Waals surface area (Å²) in [5, 5.41) is 8.72. The Morgan fingerprint density at radius 3 is 2.22 bits per heavy atom. The zero-order valence-corrected chi connectivity index (χ0v) is 26.7. The topological polar surface area (TPSA) is 57.8 Å². The molecular formula is C39H40N6. The van der Waals surface area contributed by atoms with Crippen molar-refractivity contribution in [3.63, 3.8) is 0 Å². The van der Waals surface area contributed by atoms with Crippen LogP contribution in [0.3, 0.4) is 0 Å². The molecule has 2 aliphatic heterocycles. The molecule has 6 heteroatoms. The molecule has 0 aliphatic carbocycles. The Kier molecular flexibility index (Phi) is 7.36. The number of anilines is 2. The second-order valence-corrected chi connectivity index (χ2v) is 13.0. The highest BCUT2D eigenvalue weighted by molar-refractivity contribution is 6.51. The highest BCUT2D eigenvalue weighted by Gasteiger charge is 2.41. The third-order valence-electron chi connectivity index (χ3n) is 8.77. The Balaban J connectivity index is 1.41. The number of hydrogen-bond acceptors (Lipinski definition) is 5. The molecule has 45 heavy (non-hydrogen) atoms. The molecule has 3 heterocycles. The van der Waals surface area contributed by atoms with E-state index in [0.29, 0.717) is 0 Å². The first-order valence-electron chi connectivity index (χ1n) is 16.0. The average molecular weight is 593 g/mol. The van der Waals surface area contributed by atoms with Gasteiger partial charge in [-0.25, -0.2) is 14.7 Å². The minimum atomic E-state index is -0.149. The van der Waals surface area contributed by atoms with Gasteiger partial charge in [-0.3, -0.25) is 0 Å². The number of para-hydroxylation sites is 3. The van der Waals surface area contributed by atoms with Crippen molar-refractivity contribution in [2.45, 2.75) is 65.3 Å².